The van der Waals surface area contributed by atoms with Crippen molar-refractivity contribution < 1.29 is 14.3 Å². The Hall–Kier alpha value is -2.24. The molecule has 0 aliphatic carbocycles. The van der Waals surface area contributed by atoms with E-state index in [1.165, 1.54) is 0 Å². The van der Waals surface area contributed by atoms with E-state index in [0.717, 1.165) is 18.4 Å². The van der Waals surface area contributed by atoms with E-state index in [1.807, 2.05) is 24.3 Å². The smallest absolute Gasteiger partial charge is 0.242 e. The van der Waals surface area contributed by atoms with E-state index in [1.54, 1.807) is 37.1 Å². The number of carbonyl (C=O) groups is 2. The normalized spacial score (nSPS) is 11.6. The molecule has 0 saturated heterocycles. The number of benzene rings is 2. The van der Waals surface area contributed by atoms with Crippen molar-refractivity contribution in [2.75, 3.05) is 13.7 Å². The zero-order valence-electron chi connectivity index (χ0n) is 17.6. The minimum Gasteiger partial charge on any atom is -0.497 e. The van der Waals surface area contributed by atoms with Gasteiger partial charge in [-0.1, -0.05) is 54.7 Å². The van der Waals surface area contributed by atoms with Gasteiger partial charge in [-0.3, -0.25) is 9.59 Å². The molecule has 1 atom stereocenters. The molecular weight excluding hydrogens is 423 g/mol. The van der Waals surface area contributed by atoms with Crippen molar-refractivity contribution in [1.82, 2.24) is 10.2 Å². The van der Waals surface area contributed by atoms with E-state index in [0.29, 0.717) is 27.9 Å². The van der Waals surface area contributed by atoms with Crippen LogP contribution in [-0.2, 0) is 22.6 Å². The molecule has 5 nitrogen and oxygen atoms in total. The molecule has 0 radical (unpaired) electrons. The van der Waals surface area contributed by atoms with Crippen LogP contribution in [0.1, 0.15) is 37.8 Å². The van der Waals surface area contributed by atoms with Crippen molar-refractivity contribution in [1.29, 1.82) is 0 Å². The van der Waals surface area contributed by atoms with E-state index in [4.69, 9.17) is 27.9 Å². The van der Waals surface area contributed by atoms with Crippen LogP contribution >= 0.6 is 23.2 Å². The molecule has 0 heterocycles. The van der Waals surface area contributed by atoms with Crippen molar-refractivity contribution in [3.63, 3.8) is 0 Å². The summed E-state index contributed by atoms with van der Waals surface area (Å²) in [7, 11) is 1.59. The number of nitrogens with zero attached hydrogens (tertiary/aromatic N) is 1. The Morgan fingerprint density at radius 1 is 1.13 bits per heavy atom. The first-order valence-electron chi connectivity index (χ1n) is 10.00. The molecule has 0 bridgehead atoms. The molecule has 2 aromatic rings. The number of amides is 2. The van der Waals surface area contributed by atoms with Gasteiger partial charge in [0.2, 0.25) is 11.8 Å². The molecule has 1 N–H and O–H groups in total. The Morgan fingerprint density at radius 2 is 1.80 bits per heavy atom. The second-order valence-corrected chi connectivity index (χ2v) is 7.89. The predicted molar refractivity (Wildman–Crippen MR) is 121 cm³/mol. The number of unbranched alkanes of at least 4 members (excludes halogenated alkanes) is 1. The Labute approximate surface area is 188 Å². The third-order valence-corrected chi connectivity index (χ3v) is 5.58. The average molecular weight is 451 g/mol. The Morgan fingerprint density at radius 3 is 2.43 bits per heavy atom. The van der Waals surface area contributed by atoms with Crippen LogP contribution in [0.25, 0.3) is 0 Å². The number of nitrogens with one attached hydrogen (secondary N) is 1. The van der Waals surface area contributed by atoms with Crippen LogP contribution in [0, 0.1) is 0 Å². The molecule has 2 rings (SSSR count). The highest BCUT2D eigenvalue weighted by atomic mass is 35.5. The summed E-state index contributed by atoms with van der Waals surface area (Å²) in [5, 5.41) is 3.76. The minimum absolute atomic E-state index is 0.00898. The lowest BCUT2D eigenvalue weighted by molar-refractivity contribution is -0.140. The highest BCUT2D eigenvalue weighted by Gasteiger charge is 2.27. The molecule has 0 aromatic heterocycles. The highest BCUT2D eigenvalue weighted by molar-refractivity contribution is 6.36. The third kappa shape index (κ3) is 6.64. The molecule has 0 fully saturated rings. The lowest BCUT2D eigenvalue weighted by atomic mass is 10.1. The molecule has 0 aliphatic heterocycles. The zero-order chi connectivity index (χ0) is 22.1. The van der Waals surface area contributed by atoms with Gasteiger partial charge in [-0.15, -0.1) is 0 Å². The number of ether oxygens (including phenoxy) is 1. The summed E-state index contributed by atoms with van der Waals surface area (Å²) in [6.45, 7) is 4.63. The van der Waals surface area contributed by atoms with Crippen molar-refractivity contribution in [2.45, 2.75) is 45.7 Å². The number of hydrogen-bond donors (Lipinski definition) is 1. The molecule has 0 saturated carbocycles. The van der Waals surface area contributed by atoms with Crippen LogP contribution in [0.4, 0.5) is 0 Å². The van der Waals surface area contributed by atoms with Crippen molar-refractivity contribution in [3.05, 3.63) is 63.6 Å². The summed E-state index contributed by atoms with van der Waals surface area (Å²) in [4.78, 5) is 27.5. The van der Waals surface area contributed by atoms with E-state index in [2.05, 4.69) is 12.2 Å². The number of hydrogen-bond acceptors (Lipinski definition) is 3. The van der Waals surface area contributed by atoms with Crippen LogP contribution in [0.5, 0.6) is 5.75 Å². The fraction of sp³-hybridized carbons (Fsp3) is 0.391. The third-order valence-electron chi connectivity index (χ3n) is 4.87. The van der Waals surface area contributed by atoms with Gasteiger partial charge in [-0.25, -0.2) is 0 Å². The monoisotopic (exact) mass is 450 g/mol. The van der Waals surface area contributed by atoms with Gasteiger partial charge in [0, 0.05) is 23.1 Å². The summed E-state index contributed by atoms with van der Waals surface area (Å²) < 4.78 is 5.28. The number of halogens is 2. The molecule has 2 amide bonds. The summed E-state index contributed by atoms with van der Waals surface area (Å²) in [5.41, 5.74) is 1.42. The molecule has 162 valence electrons. The lowest BCUT2D eigenvalue weighted by Crippen LogP contribution is -2.48. The van der Waals surface area contributed by atoms with Crippen LogP contribution in [-0.4, -0.2) is 36.4 Å². The summed E-state index contributed by atoms with van der Waals surface area (Å²) in [6.07, 6.45) is 1.87. The van der Waals surface area contributed by atoms with Gasteiger partial charge in [0.1, 0.15) is 11.8 Å². The molecule has 0 aliphatic rings. The summed E-state index contributed by atoms with van der Waals surface area (Å²) >= 11 is 12.5. The van der Waals surface area contributed by atoms with Crippen molar-refractivity contribution >= 4 is 35.0 Å². The average Bonchev–Trinajstić information content (AvgIpc) is 2.74. The van der Waals surface area contributed by atoms with Gasteiger partial charge >= 0.3 is 0 Å². The first kappa shape index (κ1) is 24.0. The van der Waals surface area contributed by atoms with Gasteiger partial charge in [0.15, 0.2) is 0 Å². The molecule has 7 heteroatoms. The highest BCUT2D eigenvalue weighted by Crippen LogP contribution is 2.26. The predicted octanol–water partition coefficient (Wildman–Crippen LogP) is 4.88. The van der Waals surface area contributed by atoms with Crippen LogP contribution in [0.2, 0.25) is 10.0 Å². The van der Waals surface area contributed by atoms with Crippen molar-refractivity contribution in [3.8, 4) is 5.75 Å². The Bertz CT molecular complexity index is 853. The van der Waals surface area contributed by atoms with E-state index >= 15 is 0 Å². The van der Waals surface area contributed by atoms with E-state index in [-0.39, 0.29) is 24.8 Å². The number of carbonyl (C=O) groups excluding carboxylic acids is 2. The molecule has 0 unspecified atom stereocenters. The second-order valence-electron chi connectivity index (χ2n) is 7.07. The number of methoxy groups -OCH3 is 1. The van der Waals surface area contributed by atoms with Crippen molar-refractivity contribution in [2.24, 2.45) is 0 Å². The zero-order valence-corrected chi connectivity index (χ0v) is 19.1. The number of rotatable bonds is 10. The molecule has 30 heavy (non-hydrogen) atoms. The fourth-order valence-electron chi connectivity index (χ4n) is 3.04. The largest absolute Gasteiger partial charge is 0.497 e. The summed E-state index contributed by atoms with van der Waals surface area (Å²) in [6, 6.07) is 11.9. The van der Waals surface area contributed by atoms with Gasteiger partial charge in [-0.2, -0.15) is 0 Å². The first-order valence-corrected chi connectivity index (χ1v) is 10.8. The van der Waals surface area contributed by atoms with Gasteiger partial charge in [-0.05, 0) is 48.7 Å². The maximum atomic E-state index is 13.2. The maximum absolute atomic E-state index is 13.2. The Kier molecular flexibility index (Phi) is 9.47. The molecule has 0 spiro atoms. The minimum atomic E-state index is -0.651. The van der Waals surface area contributed by atoms with Gasteiger partial charge in [0.05, 0.1) is 13.5 Å². The molecular formula is C23H28Cl2N2O3. The van der Waals surface area contributed by atoms with Gasteiger partial charge < -0.3 is 15.0 Å². The maximum Gasteiger partial charge on any atom is 0.242 e. The van der Waals surface area contributed by atoms with E-state index in [9.17, 15) is 9.59 Å². The first-order chi connectivity index (χ1) is 14.4. The van der Waals surface area contributed by atoms with Crippen LogP contribution in [0.3, 0.4) is 0 Å². The SMILES string of the molecule is CCCCNC(=O)[C@@H](C)N(Cc1cccc(OC)c1)C(=O)Cc1c(Cl)cccc1Cl. The van der Waals surface area contributed by atoms with Gasteiger partial charge in [0.25, 0.3) is 0 Å². The topological polar surface area (TPSA) is 58.6 Å². The fourth-order valence-corrected chi connectivity index (χ4v) is 3.57. The standard InChI is InChI=1S/C23H28Cl2N2O3/c1-4-5-12-26-23(29)16(2)27(15-17-8-6-9-18(13-17)30-3)22(28)14-19-20(24)10-7-11-21(19)25/h6-11,13,16H,4-5,12,14-15H2,1-3H3,(H,26,29)/t16-/m1/s1. The lowest BCUT2D eigenvalue weighted by Gasteiger charge is -2.29. The Balaban J connectivity index is 2.26. The second kappa shape index (κ2) is 11.8. The van der Waals surface area contributed by atoms with Crippen LogP contribution < -0.4 is 10.1 Å². The van der Waals surface area contributed by atoms with Crippen LogP contribution in [0.15, 0.2) is 42.5 Å². The quantitative estimate of drug-likeness (QED) is 0.524. The molecule has 2 aromatic carbocycles. The van der Waals surface area contributed by atoms with E-state index < -0.39 is 6.04 Å². The summed E-state index contributed by atoms with van der Waals surface area (Å²) in [5.74, 6) is 0.269.